The Morgan fingerprint density at radius 2 is 2.62 bits per heavy atom. The van der Waals surface area contributed by atoms with Crippen molar-refractivity contribution in [2.45, 2.75) is 0 Å². The van der Waals surface area contributed by atoms with Crippen LogP contribution in [0, 0.1) is 0 Å². The minimum absolute atomic E-state index is 0.600. The van der Waals surface area contributed by atoms with Gasteiger partial charge in [0.25, 0.3) is 0 Å². The molecule has 0 aliphatic rings. The SMILES string of the molecule is C=C=CC(=O)OCO. The molecule has 0 amide bonds. The summed E-state index contributed by atoms with van der Waals surface area (Å²) in [6.45, 7) is 2.52. The molecule has 0 saturated carbocycles. The zero-order valence-corrected chi connectivity index (χ0v) is 4.26. The van der Waals surface area contributed by atoms with Gasteiger partial charge in [-0.3, -0.25) is 0 Å². The first-order chi connectivity index (χ1) is 3.81. The van der Waals surface area contributed by atoms with Crippen LogP contribution in [0.5, 0.6) is 0 Å². The number of hydrogen-bond donors (Lipinski definition) is 1. The summed E-state index contributed by atoms with van der Waals surface area (Å²) < 4.78 is 4.04. The molecule has 0 unspecified atom stereocenters. The number of carbonyl (C=O) groups is 1. The van der Waals surface area contributed by atoms with E-state index in [1.165, 1.54) is 0 Å². The van der Waals surface area contributed by atoms with Crippen molar-refractivity contribution in [1.29, 1.82) is 0 Å². The normalized spacial score (nSPS) is 7.12. The van der Waals surface area contributed by atoms with E-state index in [0.29, 0.717) is 0 Å². The lowest BCUT2D eigenvalue weighted by molar-refractivity contribution is -0.145. The van der Waals surface area contributed by atoms with Gasteiger partial charge in [0.05, 0.1) is 6.08 Å². The van der Waals surface area contributed by atoms with Crippen LogP contribution in [0.4, 0.5) is 0 Å². The Hall–Kier alpha value is -1.05. The molecule has 0 spiro atoms. The van der Waals surface area contributed by atoms with Gasteiger partial charge in [-0.1, -0.05) is 6.58 Å². The Balaban J connectivity index is 3.49. The molecule has 0 radical (unpaired) electrons. The van der Waals surface area contributed by atoms with Crippen LogP contribution in [0.3, 0.4) is 0 Å². The van der Waals surface area contributed by atoms with Crippen molar-refractivity contribution in [3.05, 3.63) is 18.4 Å². The number of rotatable bonds is 2. The van der Waals surface area contributed by atoms with E-state index in [1.807, 2.05) is 0 Å². The highest BCUT2D eigenvalue weighted by Gasteiger charge is 1.89. The Bertz CT molecular complexity index is 122. The van der Waals surface area contributed by atoms with Gasteiger partial charge >= 0.3 is 5.97 Å². The molecule has 8 heavy (non-hydrogen) atoms. The summed E-state index contributed by atoms with van der Waals surface area (Å²) in [4.78, 5) is 10.1. The number of aliphatic hydroxyl groups excluding tert-OH is 1. The lowest BCUT2D eigenvalue weighted by Crippen LogP contribution is -1.99. The van der Waals surface area contributed by atoms with Crippen molar-refractivity contribution < 1.29 is 14.6 Å². The molecular formula is C5H6O3. The zero-order valence-electron chi connectivity index (χ0n) is 4.26. The first kappa shape index (κ1) is 6.95. The van der Waals surface area contributed by atoms with E-state index in [9.17, 15) is 4.79 Å². The van der Waals surface area contributed by atoms with Crippen molar-refractivity contribution in [1.82, 2.24) is 0 Å². The van der Waals surface area contributed by atoms with Gasteiger partial charge in [-0.25, -0.2) is 4.79 Å². The second-order valence-electron chi connectivity index (χ2n) is 0.941. The maximum Gasteiger partial charge on any atom is 0.340 e. The highest BCUT2D eigenvalue weighted by atomic mass is 16.6. The van der Waals surface area contributed by atoms with Gasteiger partial charge in [0, 0.05) is 0 Å². The number of carbonyl (C=O) groups excluding carboxylic acids is 1. The fraction of sp³-hybridized carbons (Fsp3) is 0.200. The van der Waals surface area contributed by atoms with Crippen molar-refractivity contribution in [3.63, 3.8) is 0 Å². The molecule has 0 rings (SSSR count). The summed E-state index contributed by atoms with van der Waals surface area (Å²) >= 11 is 0. The standard InChI is InChI=1S/C5H6O3/c1-2-3-5(7)8-4-6/h3,6H,1,4H2. The predicted molar refractivity (Wildman–Crippen MR) is 26.9 cm³/mol. The summed E-state index contributed by atoms with van der Waals surface area (Å²) in [5.41, 5.74) is 2.19. The summed E-state index contributed by atoms with van der Waals surface area (Å²) in [6.07, 6.45) is 0.996. The maximum absolute atomic E-state index is 10.1. The van der Waals surface area contributed by atoms with Gasteiger partial charge in [-0.05, 0) is 0 Å². The van der Waals surface area contributed by atoms with Crippen LogP contribution in [-0.4, -0.2) is 17.9 Å². The average molecular weight is 114 g/mol. The van der Waals surface area contributed by atoms with E-state index >= 15 is 0 Å². The third-order valence-corrected chi connectivity index (χ3v) is 0.427. The van der Waals surface area contributed by atoms with Gasteiger partial charge in [-0.15, -0.1) is 5.73 Å². The first-order valence-corrected chi connectivity index (χ1v) is 1.94. The minimum Gasteiger partial charge on any atom is -0.435 e. The molecule has 44 valence electrons. The minimum atomic E-state index is -0.637. The Labute approximate surface area is 46.9 Å². The van der Waals surface area contributed by atoms with Crippen LogP contribution < -0.4 is 0 Å². The highest BCUT2D eigenvalue weighted by molar-refractivity contribution is 5.81. The molecular weight excluding hydrogens is 108 g/mol. The van der Waals surface area contributed by atoms with Gasteiger partial charge in [0.1, 0.15) is 0 Å². The van der Waals surface area contributed by atoms with Gasteiger partial charge in [0.15, 0.2) is 6.79 Å². The number of esters is 1. The molecule has 0 aromatic carbocycles. The van der Waals surface area contributed by atoms with E-state index in [4.69, 9.17) is 5.11 Å². The van der Waals surface area contributed by atoms with Crippen LogP contribution >= 0.6 is 0 Å². The Morgan fingerprint density at radius 3 is 3.00 bits per heavy atom. The third-order valence-electron chi connectivity index (χ3n) is 0.427. The van der Waals surface area contributed by atoms with Crippen LogP contribution in [-0.2, 0) is 9.53 Å². The molecule has 0 fully saturated rings. The quantitative estimate of drug-likeness (QED) is 0.234. The summed E-state index contributed by atoms with van der Waals surface area (Å²) in [5, 5.41) is 7.95. The van der Waals surface area contributed by atoms with E-state index in [1.54, 1.807) is 0 Å². The van der Waals surface area contributed by atoms with Crippen molar-refractivity contribution in [3.8, 4) is 0 Å². The first-order valence-electron chi connectivity index (χ1n) is 1.94. The molecule has 0 bridgehead atoms. The molecule has 0 saturated heterocycles. The van der Waals surface area contributed by atoms with E-state index in [-0.39, 0.29) is 0 Å². The molecule has 0 aliphatic carbocycles. The van der Waals surface area contributed by atoms with E-state index < -0.39 is 12.8 Å². The highest BCUT2D eigenvalue weighted by Crippen LogP contribution is 1.74. The fourth-order valence-corrected chi connectivity index (χ4v) is 0.189. The topological polar surface area (TPSA) is 46.5 Å². The maximum atomic E-state index is 10.1. The van der Waals surface area contributed by atoms with Crippen LogP contribution in [0.15, 0.2) is 18.4 Å². The van der Waals surface area contributed by atoms with E-state index in [2.05, 4.69) is 17.0 Å². The molecule has 3 heteroatoms. The molecule has 0 aromatic heterocycles. The summed E-state index contributed by atoms with van der Waals surface area (Å²) in [5.74, 6) is -0.637. The second-order valence-corrected chi connectivity index (χ2v) is 0.941. The third kappa shape index (κ3) is 3.15. The Kier molecular flexibility index (Phi) is 3.58. The van der Waals surface area contributed by atoms with Crippen molar-refractivity contribution in [2.24, 2.45) is 0 Å². The lowest BCUT2D eigenvalue weighted by Gasteiger charge is -1.89. The van der Waals surface area contributed by atoms with Gasteiger partial charge in [-0.2, -0.15) is 0 Å². The second kappa shape index (κ2) is 4.12. The monoisotopic (exact) mass is 114 g/mol. The average Bonchev–Trinajstić information content (AvgIpc) is 1.68. The van der Waals surface area contributed by atoms with Crippen molar-refractivity contribution >= 4 is 5.97 Å². The van der Waals surface area contributed by atoms with Crippen LogP contribution in [0.25, 0.3) is 0 Å². The zero-order chi connectivity index (χ0) is 6.41. The lowest BCUT2D eigenvalue weighted by atomic mass is 10.6. The molecule has 3 nitrogen and oxygen atoms in total. The molecule has 0 aromatic rings. The molecule has 1 N–H and O–H groups in total. The smallest absolute Gasteiger partial charge is 0.340 e. The number of ether oxygens (including phenoxy) is 1. The fourth-order valence-electron chi connectivity index (χ4n) is 0.189. The van der Waals surface area contributed by atoms with Crippen LogP contribution in [0.1, 0.15) is 0 Å². The van der Waals surface area contributed by atoms with Gasteiger partial charge < -0.3 is 9.84 Å². The van der Waals surface area contributed by atoms with E-state index in [0.717, 1.165) is 6.08 Å². The van der Waals surface area contributed by atoms with Crippen molar-refractivity contribution in [2.75, 3.05) is 6.79 Å². The van der Waals surface area contributed by atoms with Gasteiger partial charge in [0.2, 0.25) is 0 Å². The molecule has 0 heterocycles. The Morgan fingerprint density at radius 1 is 2.00 bits per heavy atom. The largest absolute Gasteiger partial charge is 0.435 e. The number of hydrogen-bond acceptors (Lipinski definition) is 3. The molecule has 0 atom stereocenters. The molecule has 0 aliphatic heterocycles. The summed E-state index contributed by atoms with van der Waals surface area (Å²) in [6, 6.07) is 0. The van der Waals surface area contributed by atoms with Crippen LogP contribution in [0.2, 0.25) is 0 Å². The predicted octanol–water partition coefficient (Wildman–Crippen LogP) is -0.180. The number of aliphatic hydroxyl groups is 1. The summed E-state index contributed by atoms with van der Waals surface area (Å²) in [7, 11) is 0.